The van der Waals surface area contributed by atoms with E-state index >= 15 is 0 Å². The van der Waals surface area contributed by atoms with Crippen molar-refractivity contribution in [1.82, 2.24) is 9.78 Å². The van der Waals surface area contributed by atoms with E-state index in [1.807, 2.05) is 6.07 Å². The Balaban J connectivity index is 2.14. The molecule has 0 saturated heterocycles. The number of methoxy groups -OCH3 is 1. The fourth-order valence-corrected chi connectivity index (χ4v) is 3.59. The lowest BCUT2D eigenvalue weighted by molar-refractivity contribution is -0.274. The second-order valence-corrected chi connectivity index (χ2v) is 6.80. The first-order chi connectivity index (χ1) is 13.0. The van der Waals surface area contributed by atoms with Crippen molar-refractivity contribution in [2.75, 3.05) is 12.8 Å². The number of aromatic nitrogens is 2. The first-order valence-corrected chi connectivity index (χ1v) is 8.42. The molecule has 0 atom stereocenters. The lowest BCUT2D eigenvalue weighted by Crippen LogP contribution is -2.23. The minimum Gasteiger partial charge on any atom is -0.468 e. The number of nitrogens with zero attached hydrogens (tertiary/aromatic N) is 3. The third-order valence-electron chi connectivity index (χ3n) is 4.27. The number of nitriles is 1. The number of ether oxygens (including phenoxy) is 2. The van der Waals surface area contributed by atoms with Crippen molar-refractivity contribution in [2.45, 2.75) is 24.6 Å². The third-order valence-corrected chi connectivity index (χ3v) is 4.84. The van der Waals surface area contributed by atoms with E-state index in [1.54, 1.807) is 0 Å². The summed E-state index contributed by atoms with van der Waals surface area (Å²) in [4.78, 5) is 12.2. The molecule has 7 nitrogen and oxygen atoms in total. The third kappa shape index (κ3) is 3.31. The molecule has 2 N–H and O–H groups in total. The summed E-state index contributed by atoms with van der Waals surface area (Å²) < 4.78 is 46.9. The van der Waals surface area contributed by atoms with E-state index in [4.69, 9.17) is 33.7 Å². The topological polar surface area (TPSA) is 103 Å². The number of nitrogens with two attached hydrogens (primary N) is 1. The van der Waals surface area contributed by atoms with Gasteiger partial charge in [-0.25, -0.2) is 4.68 Å². The maximum atomic E-state index is 12.4. The predicted molar refractivity (Wildman–Crippen MR) is 92.3 cm³/mol. The van der Waals surface area contributed by atoms with Crippen LogP contribution in [0.25, 0.3) is 5.69 Å². The van der Waals surface area contributed by atoms with Crippen LogP contribution in [-0.4, -0.2) is 29.2 Å². The van der Waals surface area contributed by atoms with Crippen LogP contribution in [0.4, 0.5) is 19.0 Å². The van der Waals surface area contributed by atoms with Crippen molar-refractivity contribution in [3.8, 4) is 17.5 Å². The van der Waals surface area contributed by atoms with Crippen LogP contribution in [0.1, 0.15) is 24.1 Å². The summed E-state index contributed by atoms with van der Waals surface area (Å²) in [7, 11) is 1.21. The molecule has 0 radical (unpaired) electrons. The second kappa shape index (κ2) is 6.76. The van der Waals surface area contributed by atoms with E-state index in [2.05, 4.69) is 9.84 Å². The van der Waals surface area contributed by atoms with Crippen LogP contribution >= 0.6 is 23.2 Å². The van der Waals surface area contributed by atoms with E-state index in [9.17, 15) is 23.2 Å². The van der Waals surface area contributed by atoms with Gasteiger partial charge < -0.3 is 15.2 Å². The van der Waals surface area contributed by atoms with Crippen molar-refractivity contribution in [1.29, 1.82) is 5.26 Å². The Morgan fingerprint density at radius 2 is 1.93 bits per heavy atom. The molecule has 1 aliphatic rings. The Morgan fingerprint density at radius 3 is 2.36 bits per heavy atom. The molecule has 12 heteroatoms. The van der Waals surface area contributed by atoms with Crippen LogP contribution in [0.2, 0.25) is 10.0 Å². The van der Waals surface area contributed by atoms with Gasteiger partial charge in [-0.15, -0.1) is 13.2 Å². The van der Waals surface area contributed by atoms with E-state index in [1.165, 1.54) is 7.11 Å². The molecular formula is C16H11Cl2F3N4O3. The smallest absolute Gasteiger partial charge is 0.468 e. The highest BCUT2D eigenvalue weighted by atomic mass is 35.5. The zero-order valence-electron chi connectivity index (χ0n) is 14.1. The van der Waals surface area contributed by atoms with Crippen molar-refractivity contribution < 1.29 is 27.4 Å². The van der Waals surface area contributed by atoms with Gasteiger partial charge in [-0.2, -0.15) is 10.4 Å². The molecule has 1 aromatic heterocycles. The lowest BCUT2D eigenvalue weighted by atomic mass is 9.95. The zero-order chi connectivity index (χ0) is 20.9. The molecule has 0 aliphatic heterocycles. The van der Waals surface area contributed by atoms with Crippen LogP contribution in [0.5, 0.6) is 5.75 Å². The van der Waals surface area contributed by atoms with Crippen molar-refractivity contribution in [2.24, 2.45) is 0 Å². The number of alkyl halides is 3. The van der Waals surface area contributed by atoms with Gasteiger partial charge in [0.1, 0.15) is 23.3 Å². The molecule has 28 heavy (non-hydrogen) atoms. The SMILES string of the molecule is COC(=O)C1(c2c(C#N)nn(-c3c(Cl)cc(OC(F)(F)F)cc3Cl)c2N)CC1. The van der Waals surface area contributed by atoms with Crippen LogP contribution < -0.4 is 10.5 Å². The first-order valence-electron chi connectivity index (χ1n) is 7.66. The molecule has 3 rings (SSSR count). The Labute approximate surface area is 166 Å². The number of esters is 1. The van der Waals surface area contributed by atoms with E-state index < -0.39 is 23.5 Å². The molecule has 1 saturated carbocycles. The Morgan fingerprint density at radius 1 is 1.36 bits per heavy atom. The number of nitrogen functional groups attached to an aromatic ring is 1. The van der Waals surface area contributed by atoms with E-state index in [-0.39, 0.29) is 32.8 Å². The Hall–Kier alpha value is -2.64. The highest BCUT2D eigenvalue weighted by Crippen LogP contribution is 2.53. The normalized spacial score (nSPS) is 15.0. The molecular weight excluding hydrogens is 424 g/mol. The minimum absolute atomic E-state index is 0.0567. The highest BCUT2D eigenvalue weighted by Gasteiger charge is 2.56. The standard InChI is InChI=1S/C16H11Cl2F3N4O3/c1-27-14(26)15(2-3-15)11-10(6-22)24-25(13(11)23)12-8(17)4-7(5-9(12)18)28-16(19,20)21/h4-5H,2-3,23H2,1H3. The monoisotopic (exact) mass is 434 g/mol. The zero-order valence-corrected chi connectivity index (χ0v) is 15.6. The molecule has 1 aliphatic carbocycles. The van der Waals surface area contributed by atoms with Gasteiger partial charge in [0.15, 0.2) is 5.69 Å². The molecule has 2 aromatic rings. The number of halogens is 5. The highest BCUT2D eigenvalue weighted by molar-refractivity contribution is 6.38. The van der Waals surface area contributed by atoms with Crippen molar-refractivity contribution >= 4 is 35.0 Å². The number of hydrogen-bond acceptors (Lipinski definition) is 6. The van der Waals surface area contributed by atoms with Gasteiger partial charge in [0.05, 0.1) is 22.6 Å². The fraction of sp³-hybridized carbons (Fsp3) is 0.312. The number of rotatable bonds is 4. The summed E-state index contributed by atoms with van der Waals surface area (Å²) in [6.07, 6.45) is -4.12. The van der Waals surface area contributed by atoms with Gasteiger partial charge in [-0.1, -0.05) is 23.2 Å². The fourth-order valence-electron chi connectivity index (χ4n) is 2.97. The molecule has 1 fully saturated rings. The van der Waals surface area contributed by atoms with Crippen LogP contribution in [0.15, 0.2) is 12.1 Å². The predicted octanol–water partition coefficient (Wildman–Crippen LogP) is 3.74. The van der Waals surface area contributed by atoms with Gasteiger partial charge in [0, 0.05) is 17.7 Å². The number of benzene rings is 1. The molecule has 148 valence electrons. The van der Waals surface area contributed by atoms with Crippen LogP contribution in [-0.2, 0) is 14.9 Å². The summed E-state index contributed by atoms with van der Waals surface area (Å²) >= 11 is 12.1. The maximum Gasteiger partial charge on any atom is 0.573 e. The average Bonchev–Trinajstić information content (AvgIpc) is 3.31. The quantitative estimate of drug-likeness (QED) is 0.735. The van der Waals surface area contributed by atoms with Gasteiger partial charge >= 0.3 is 12.3 Å². The number of anilines is 1. The summed E-state index contributed by atoms with van der Waals surface area (Å²) in [5.41, 5.74) is 5.00. The summed E-state index contributed by atoms with van der Waals surface area (Å²) in [5.74, 6) is -1.29. The summed E-state index contributed by atoms with van der Waals surface area (Å²) in [6, 6.07) is 3.62. The molecule has 0 bridgehead atoms. The number of carbonyl (C=O) groups is 1. The van der Waals surface area contributed by atoms with Gasteiger partial charge in [0.2, 0.25) is 0 Å². The summed E-state index contributed by atoms with van der Waals surface area (Å²) in [6.45, 7) is 0. The lowest BCUT2D eigenvalue weighted by Gasteiger charge is -2.15. The number of hydrogen-bond donors (Lipinski definition) is 1. The van der Waals surface area contributed by atoms with Gasteiger partial charge in [-0.3, -0.25) is 4.79 Å². The molecule has 0 unspecified atom stereocenters. The summed E-state index contributed by atoms with van der Waals surface area (Å²) in [5, 5.41) is 13.0. The molecule has 1 heterocycles. The second-order valence-electron chi connectivity index (χ2n) is 5.99. The molecule has 1 aromatic carbocycles. The van der Waals surface area contributed by atoms with Crippen molar-refractivity contribution in [3.05, 3.63) is 33.4 Å². The maximum absolute atomic E-state index is 12.4. The van der Waals surface area contributed by atoms with E-state index in [0.29, 0.717) is 12.8 Å². The van der Waals surface area contributed by atoms with Gasteiger partial charge in [0.25, 0.3) is 0 Å². The number of carbonyl (C=O) groups excluding carboxylic acids is 1. The molecule has 0 amide bonds. The van der Waals surface area contributed by atoms with E-state index in [0.717, 1.165) is 16.8 Å². The van der Waals surface area contributed by atoms with Gasteiger partial charge in [-0.05, 0) is 12.8 Å². The Kier molecular flexibility index (Phi) is 4.85. The average molecular weight is 435 g/mol. The van der Waals surface area contributed by atoms with Crippen LogP contribution in [0.3, 0.4) is 0 Å². The van der Waals surface area contributed by atoms with Crippen LogP contribution in [0, 0.1) is 11.3 Å². The molecule has 0 spiro atoms. The first kappa shape index (κ1) is 20.1. The Bertz CT molecular complexity index is 987. The van der Waals surface area contributed by atoms with Crippen molar-refractivity contribution in [3.63, 3.8) is 0 Å². The largest absolute Gasteiger partial charge is 0.573 e. The minimum atomic E-state index is -4.93.